The van der Waals surface area contributed by atoms with Crippen molar-refractivity contribution >= 4 is 0 Å². The van der Waals surface area contributed by atoms with Crippen molar-refractivity contribution in [2.75, 3.05) is 0 Å². The maximum atomic E-state index is 5.99. The van der Waals surface area contributed by atoms with E-state index in [1.165, 1.54) is 11.1 Å². The van der Waals surface area contributed by atoms with E-state index >= 15 is 0 Å². The average Bonchev–Trinajstić information content (AvgIpc) is 2.33. The quantitative estimate of drug-likeness (QED) is 0.702. The summed E-state index contributed by atoms with van der Waals surface area (Å²) < 4.78 is 0. The Morgan fingerprint density at radius 3 is 2.50 bits per heavy atom. The zero-order valence-electron chi connectivity index (χ0n) is 9.82. The molecule has 0 bridgehead atoms. The lowest BCUT2D eigenvalue weighted by atomic mass is 9.91. The smallest absolute Gasteiger partial charge is 0.0323 e. The lowest BCUT2D eigenvalue weighted by molar-refractivity contribution is 0.303. The zero-order valence-corrected chi connectivity index (χ0v) is 9.82. The summed E-state index contributed by atoms with van der Waals surface area (Å²) in [5.74, 6) is 0. The van der Waals surface area contributed by atoms with Gasteiger partial charge in [0.15, 0.2) is 0 Å². The van der Waals surface area contributed by atoms with Crippen molar-refractivity contribution in [2.45, 2.75) is 44.4 Å². The molecular weight excluding hydrogens is 198 g/mol. The van der Waals surface area contributed by atoms with Gasteiger partial charge >= 0.3 is 0 Å². The second-order valence-electron chi connectivity index (χ2n) is 4.69. The van der Waals surface area contributed by atoms with Crippen molar-refractivity contribution in [2.24, 2.45) is 11.5 Å². The molecule has 1 aromatic rings. The van der Waals surface area contributed by atoms with Crippen molar-refractivity contribution in [3.8, 4) is 0 Å². The Balaban J connectivity index is 2.06. The lowest BCUT2D eigenvalue weighted by Crippen LogP contribution is -2.48. The SMILES string of the molecule is CC1NC(c2ccc(CN)cc2)CCC1N. The highest BCUT2D eigenvalue weighted by Gasteiger charge is 2.24. The molecule has 1 aliphatic rings. The first-order chi connectivity index (χ1) is 7.70. The highest BCUT2D eigenvalue weighted by molar-refractivity contribution is 5.25. The van der Waals surface area contributed by atoms with Gasteiger partial charge in [0.1, 0.15) is 0 Å². The van der Waals surface area contributed by atoms with E-state index in [0.717, 1.165) is 12.8 Å². The van der Waals surface area contributed by atoms with Crippen molar-refractivity contribution < 1.29 is 0 Å². The average molecular weight is 219 g/mol. The van der Waals surface area contributed by atoms with Gasteiger partial charge in [0, 0.05) is 24.7 Å². The molecule has 3 nitrogen and oxygen atoms in total. The van der Waals surface area contributed by atoms with Crippen molar-refractivity contribution in [3.63, 3.8) is 0 Å². The minimum atomic E-state index is 0.291. The monoisotopic (exact) mass is 219 g/mol. The second-order valence-corrected chi connectivity index (χ2v) is 4.69. The molecule has 0 radical (unpaired) electrons. The third-order valence-electron chi connectivity index (χ3n) is 3.51. The Bertz CT molecular complexity index is 334. The number of benzene rings is 1. The van der Waals surface area contributed by atoms with Gasteiger partial charge in [-0.25, -0.2) is 0 Å². The van der Waals surface area contributed by atoms with Crippen molar-refractivity contribution in [1.29, 1.82) is 0 Å². The highest BCUT2D eigenvalue weighted by Crippen LogP contribution is 2.25. The van der Waals surface area contributed by atoms with E-state index in [4.69, 9.17) is 11.5 Å². The van der Waals surface area contributed by atoms with Gasteiger partial charge < -0.3 is 16.8 Å². The van der Waals surface area contributed by atoms with Crippen molar-refractivity contribution in [3.05, 3.63) is 35.4 Å². The van der Waals surface area contributed by atoms with E-state index in [9.17, 15) is 0 Å². The number of piperidine rings is 1. The molecule has 16 heavy (non-hydrogen) atoms. The maximum absolute atomic E-state index is 5.99. The molecule has 88 valence electrons. The van der Waals surface area contributed by atoms with Gasteiger partial charge in [-0.15, -0.1) is 0 Å². The summed E-state index contributed by atoms with van der Waals surface area (Å²) in [4.78, 5) is 0. The predicted octanol–water partition coefficient (Wildman–Crippen LogP) is 1.29. The van der Waals surface area contributed by atoms with Gasteiger partial charge in [0.25, 0.3) is 0 Å². The fraction of sp³-hybridized carbons (Fsp3) is 0.538. The molecule has 1 aromatic carbocycles. The standard InChI is InChI=1S/C13H21N3/c1-9-12(15)6-7-13(16-9)11-4-2-10(8-14)3-5-11/h2-5,9,12-13,16H,6-8,14-15H2,1H3. The predicted molar refractivity (Wildman–Crippen MR) is 66.9 cm³/mol. The zero-order chi connectivity index (χ0) is 11.5. The number of hydrogen-bond donors (Lipinski definition) is 3. The van der Waals surface area contributed by atoms with Crippen LogP contribution in [0.5, 0.6) is 0 Å². The molecule has 0 spiro atoms. The van der Waals surface area contributed by atoms with Crippen LogP contribution < -0.4 is 16.8 Å². The molecular formula is C13H21N3. The number of hydrogen-bond acceptors (Lipinski definition) is 3. The first-order valence-electron chi connectivity index (χ1n) is 6.01. The normalized spacial score (nSPS) is 30.3. The largest absolute Gasteiger partial charge is 0.326 e. The minimum absolute atomic E-state index is 0.291. The third kappa shape index (κ3) is 2.43. The van der Waals surface area contributed by atoms with Crippen molar-refractivity contribution in [1.82, 2.24) is 5.32 Å². The first-order valence-corrected chi connectivity index (χ1v) is 6.01. The molecule has 1 heterocycles. The van der Waals surface area contributed by atoms with Crippen LogP contribution in [0.25, 0.3) is 0 Å². The van der Waals surface area contributed by atoms with Gasteiger partial charge in [-0.3, -0.25) is 0 Å². The van der Waals surface area contributed by atoms with Crippen LogP contribution in [0.2, 0.25) is 0 Å². The van der Waals surface area contributed by atoms with E-state index in [0.29, 0.717) is 24.7 Å². The Labute approximate surface area is 97.2 Å². The van der Waals surface area contributed by atoms with Crippen LogP contribution in [-0.2, 0) is 6.54 Å². The summed E-state index contributed by atoms with van der Waals surface area (Å²) in [7, 11) is 0. The Morgan fingerprint density at radius 1 is 1.25 bits per heavy atom. The Morgan fingerprint density at radius 2 is 1.94 bits per heavy atom. The molecule has 1 aliphatic heterocycles. The van der Waals surface area contributed by atoms with Crippen LogP contribution in [0.15, 0.2) is 24.3 Å². The Kier molecular flexibility index (Phi) is 3.59. The summed E-state index contributed by atoms with van der Waals surface area (Å²) in [5, 5.41) is 3.56. The summed E-state index contributed by atoms with van der Waals surface area (Å²) in [6.45, 7) is 2.77. The van der Waals surface area contributed by atoms with Crippen LogP contribution >= 0.6 is 0 Å². The van der Waals surface area contributed by atoms with Gasteiger partial charge in [-0.1, -0.05) is 24.3 Å². The fourth-order valence-electron chi connectivity index (χ4n) is 2.28. The highest BCUT2D eigenvalue weighted by atomic mass is 15.0. The van der Waals surface area contributed by atoms with Gasteiger partial charge in [-0.05, 0) is 30.9 Å². The molecule has 3 unspecified atom stereocenters. The molecule has 1 saturated heterocycles. The summed E-state index contributed by atoms with van der Waals surface area (Å²) in [5.41, 5.74) is 14.1. The van der Waals surface area contributed by atoms with Crippen LogP contribution in [0.3, 0.4) is 0 Å². The van der Waals surface area contributed by atoms with E-state index in [1.807, 2.05) is 0 Å². The molecule has 1 fully saturated rings. The fourth-order valence-corrected chi connectivity index (χ4v) is 2.28. The molecule has 0 aromatic heterocycles. The molecule has 2 rings (SSSR count). The lowest BCUT2D eigenvalue weighted by Gasteiger charge is -2.33. The van der Waals surface area contributed by atoms with Crippen LogP contribution in [0.1, 0.15) is 36.9 Å². The molecule has 3 heteroatoms. The summed E-state index contributed by atoms with van der Waals surface area (Å²) in [6, 6.07) is 9.69. The van der Waals surface area contributed by atoms with Crippen LogP contribution in [-0.4, -0.2) is 12.1 Å². The Hall–Kier alpha value is -0.900. The van der Waals surface area contributed by atoms with Gasteiger partial charge in [0.2, 0.25) is 0 Å². The second kappa shape index (κ2) is 4.95. The number of nitrogens with two attached hydrogens (primary N) is 2. The molecule has 0 amide bonds. The molecule has 0 aliphatic carbocycles. The van der Waals surface area contributed by atoms with Gasteiger partial charge in [-0.2, -0.15) is 0 Å². The minimum Gasteiger partial charge on any atom is -0.326 e. The molecule has 3 atom stereocenters. The molecule has 0 saturated carbocycles. The van der Waals surface area contributed by atoms with E-state index in [-0.39, 0.29) is 0 Å². The molecule has 5 N–H and O–H groups in total. The summed E-state index contributed by atoms with van der Waals surface area (Å²) in [6.07, 6.45) is 2.21. The third-order valence-corrected chi connectivity index (χ3v) is 3.51. The van der Waals surface area contributed by atoms with Crippen LogP contribution in [0.4, 0.5) is 0 Å². The number of nitrogens with one attached hydrogen (secondary N) is 1. The van der Waals surface area contributed by atoms with Gasteiger partial charge in [0.05, 0.1) is 0 Å². The summed E-state index contributed by atoms with van der Waals surface area (Å²) >= 11 is 0. The maximum Gasteiger partial charge on any atom is 0.0323 e. The van der Waals surface area contributed by atoms with E-state index < -0.39 is 0 Å². The van der Waals surface area contributed by atoms with Crippen LogP contribution in [0, 0.1) is 0 Å². The number of rotatable bonds is 2. The van der Waals surface area contributed by atoms with E-state index in [1.54, 1.807) is 0 Å². The topological polar surface area (TPSA) is 64.1 Å². The first kappa shape index (κ1) is 11.6. The van der Waals surface area contributed by atoms with E-state index in [2.05, 4.69) is 36.5 Å².